The van der Waals surface area contributed by atoms with Crippen LogP contribution >= 0.6 is 15.9 Å². The van der Waals surface area contributed by atoms with Crippen LogP contribution < -0.4 is 0 Å². The molecule has 0 radical (unpaired) electrons. The van der Waals surface area contributed by atoms with Gasteiger partial charge in [-0.3, -0.25) is 4.79 Å². The summed E-state index contributed by atoms with van der Waals surface area (Å²) in [5.74, 6) is 0.979. The number of hydrogen-bond acceptors (Lipinski definition) is 4. The Morgan fingerprint density at radius 2 is 1.88 bits per heavy atom. The number of carbonyl (C=O) groups is 1. The maximum absolute atomic E-state index is 12.9. The Hall–Kier alpha value is -0.910. The summed E-state index contributed by atoms with van der Waals surface area (Å²) in [5, 5.41) is 11.0. The van der Waals surface area contributed by atoms with Crippen LogP contribution in [0.15, 0.2) is 30.3 Å². The van der Waals surface area contributed by atoms with E-state index in [1.807, 2.05) is 36.2 Å². The highest BCUT2D eigenvalue weighted by molar-refractivity contribution is 9.08. The summed E-state index contributed by atoms with van der Waals surface area (Å²) in [6.07, 6.45) is 5.19. The Morgan fingerprint density at radius 1 is 1.24 bits per heavy atom. The van der Waals surface area contributed by atoms with Crippen LogP contribution in [0.4, 0.5) is 0 Å². The predicted octanol–water partition coefficient (Wildman–Crippen LogP) is 3.72. The maximum atomic E-state index is 12.9. The average molecular weight is 412 g/mol. The number of alkyl halides is 1. The van der Waals surface area contributed by atoms with Gasteiger partial charge in [0.1, 0.15) is 12.0 Å². The van der Waals surface area contributed by atoms with Gasteiger partial charge in [-0.05, 0) is 50.7 Å². The second kappa shape index (κ2) is 9.70. The van der Waals surface area contributed by atoms with Crippen molar-refractivity contribution in [3.8, 4) is 0 Å². The molecular weight excluding hydrogens is 382 g/mol. The highest BCUT2D eigenvalue weighted by atomic mass is 79.9. The van der Waals surface area contributed by atoms with Gasteiger partial charge in [0.2, 0.25) is 0 Å². The molecule has 140 valence electrons. The fourth-order valence-corrected chi connectivity index (χ4v) is 4.03. The van der Waals surface area contributed by atoms with E-state index >= 15 is 0 Å². The number of hydrogen-bond donors (Lipinski definition) is 1. The second-order valence-electron chi connectivity index (χ2n) is 7.12. The lowest BCUT2D eigenvalue weighted by atomic mass is 9.80. The minimum Gasteiger partial charge on any atom is -0.460 e. The summed E-state index contributed by atoms with van der Waals surface area (Å²) in [6.45, 7) is 1.84. The third kappa shape index (κ3) is 5.28. The maximum Gasteiger partial charge on any atom is 0.316 e. The molecule has 1 aromatic rings. The molecule has 1 aromatic carbocycles. The topological polar surface area (TPSA) is 49.8 Å². The predicted molar refractivity (Wildman–Crippen MR) is 104 cm³/mol. The van der Waals surface area contributed by atoms with Crippen molar-refractivity contribution in [1.29, 1.82) is 0 Å². The number of aliphatic hydroxyl groups is 1. The number of nitrogens with zero attached hydrogens (tertiary/aromatic N) is 1. The molecule has 25 heavy (non-hydrogen) atoms. The zero-order chi connectivity index (χ0) is 18.3. The van der Waals surface area contributed by atoms with Crippen LogP contribution in [0.5, 0.6) is 0 Å². The summed E-state index contributed by atoms with van der Waals surface area (Å²) >= 11 is 2.94. The Morgan fingerprint density at radius 3 is 2.48 bits per heavy atom. The molecule has 3 rings (SSSR count). The van der Waals surface area contributed by atoms with Crippen LogP contribution in [0, 0.1) is 0 Å². The van der Waals surface area contributed by atoms with Crippen molar-refractivity contribution in [2.75, 3.05) is 26.0 Å². The summed E-state index contributed by atoms with van der Waals surface area (Å²) < 4.78 is 5.82. The number of halogens is 1. The van der Waals surface area contributed by atoms with Gasteiger partial charge in [-0.25, -0.2) is 0 Å². The molecule has 1 heterocycles. The fourth-order valence-electron chi connectivity index (χ4n) is 4.03. The number of ether oxygens (including phenoxy) is 1. The molecule has 5 heteroatoms. The Labute approximate surface area is 159 Å². The van der Waals surface area contributed by atoms with Gasteiger partial charge in [-0.2, -0.15) is 0 Å². The largest absolute Gasteiger partial charge is 0.460 e. The minimum atomic E-state index is -0.959. The van der Waals surface area contributed by atoms with E-state index in [9.17, 15) is 9.90 Å². The van der Waals surface area contributed by atoms with Gasteiger partial charge in [-0.1, -0.05) is 59.1 Å². The van der Waals surface area contributed by atoms with E-state index in [1.54, 1.807) is 0 Å². The molecule has 0 bridgehead atoms. The third-order valence-corrected chi connectivity index (χ3v) is 5.24. The van der Waals surface area contributed by atoms with Crippen LogP contribution in [-0.4, -0.2) is 53.7 Å². The van der Waals surface area contributed by atoms with Gasteiger partial charge >= 0.3 is 5.97 Å². The average Bonchev–Trinajstić information content (AvgIpc) is 3.05. The van der Waals surface area contributed by atoms with Crippen LogP contribution in [0.2, 0.25) is 0 Å². The lowest BCUT2D eigenvalue weighted by molar-refractivity contribution is -0.160. The van der Waals surface area contributed by atoms with Crippen molar-refractivity contribution in [3.63, 3.8) is 0 Å². The molecule has 0 spiro atoms. The lowest BCUT2D eigenvalue weighted by Crippen LogP contribution is -2.43. The summed E-state index contributed by atoms with van der Waals surface area (Å²) in [6, 6.07) is 9.62. The lowest BCUT2D eigenvalue weighted by Gasteiger charge is -2.34. The summed E-state index contributed by atoms with van der Waals surface area (Å²) in [7, 11) is 2.05. The minimum absolute atomic E-state index is 0.0579. The number of carbonyl (C=O) groups excluding carboxylic acids is 1. The molecule has 2 aliphatic rings. The van der Waals surface area contributed by atoms with Crippen molar-refractivity contribution in [1.82, 2.24) is 4.90 Å². The van der Waals surface area contributed by atoms with E-state index in [2.05, 4.69) is 27.9 Å². The molecule has 1 N–H and O–H groups in total. The first-order valence-corrected chi connectivity index (χ1v) is 10.7. The molecule has 2 unspecified atom stereocenters. The zero-order valence-electron chi connectivity index (χ0n) is 15.3. The van der Waals surface area contributed by atoms with E-state index in [1.165, 1.54) is 0 Å². The molecule has 2 atom stereocenters. The molecule has 1 saturated heterocycles. The number of esters is 1. The molecule has 0 aromatic heterocycles. The summed E-state index contributed by atoms with van der Waals surface area (Å²) in [5.41, 5.74) is -0.0926. The van der Waals surface area contributed by atoms with Crippen LogP contribution in [0.3, 0.4) is 0 Å². The standard InChI is InChI=1S/C19H27NO3.CH3Br/c1-20-13-7-10-16(14-20)23-18(21)17(15-8-3-2-4-9-15)19(22)11-5-6-12-19;1-2/h2-4,8-9,16-17,22H,5-7,10-14H2,1H3;1H3. The van der Waals surface area contributed by atoms with Gasteiger partial charge < -0.3 is 14.7 Å². The van der Waals surface area contributed by atoms with Crippen LogP contribution in [0.25, 0.3) is 0 Å². The van der Waals surface area contributed by atoms with E-state index in [4.69, 9.17) is 4.74 Å². The van der Waals surface area contributed by atoms with E-state index < -0.39 is 11.5 Å². The molecule has 0 amide bonds. The summed E-state index contributed by atoms with van der Waals surface area (Å²) in [4.78, 5) is 15.1. The van der Waals surface area contributed by atoms with Crippen LogP contribution in [0.1, 0.15) is 50.0 Å². The Balaban J connectivity index is 0.00000109. The number of piperidine rings is 1. The van der Waals surface area contributed by atoms with Gasteiger partial charge in [0.15, 0.2) is 0 Å². The number of benzene rings is 1. The van der Waals surface area contributed by atoms with Gasteiger partial charge in [0, 0.05) is 6.54 Å². The second-order valence-corrected chi connectivity index (χ2v) is 7.12. The van der Waals surface area contributed by atoms with Gasteiger partial charge in [0.05, 0.1) is 5.60 Å². The molecule has 2 fully saturated rings. The SMILES string of the molecule is CBr.CN1CCCC(OC(=O)C(c2ccccc2)C2(O)CCCC2)C1. The Kier molecular flexibility index (Phi) is 7.91. The van der Waals surface area contributed by atoms with Crippen molar-refractivity contribution >= 4 is 21.9 Å². The van der Waals surface area contributed by atoms with Gasteiger partial charge in [0.25, 0.3) is 0 Å². The number of likely N-dealkylation sites (N-methyl/N-ethyl adjacent to an activating group) is 1. The first-order chi connectivity index (χ1) is 12.1. The highest BCUT2D eigenvalue weighted by Crippen LogP contribution is 2.42. The van der Waals surface area contributed by atoms with Crippen molar-refractivity contribution in [3.05, 3.63) is 35.9 Å². The smallest absolute Gasteiger partial charge is 0.316 e. The zero-order valence-corrected chi connectivity index (χ0v) is 16.9. The van der Waals surface area contributed by atoms with E-state index in [0.717, 1.165) is 44.3 Å². The molecule has 1 aliphatic carbocycles. The Bertz CT molecular complexity index is 531. The monoisotopic (exact) mass is 411 g/mol. The molecule has 1 aliphatic heterocycles. The number of rotatable bonds is 4. The molecular formula is C20H30BrNO3. The van der Waals surface area contributed by atoms with E-state index in [0.29, 0.717) is 12.8 Å². The van der Waals surface area contributed by atoms with E-state index in [-0.39, 0.29) is 12.1 Å². The molecule has 4 nitrogen and oxygen atoms in total. The first-order valence-electron chi connectivity index (χ1n) is 9.13. The normalized spacial score (nSPS) is 24.1. The quantitative estimate of drug-likeness (QED) is 0.605. The first kappa shape index (κ1) is 20.4. The number of likely N-dealkylation sites (tertiary alicyclic amines) is 1. The van der Waals surface area contributed by atoms with Crippen molar-refractivity contribution in [2.24, 2.45) is 0 Å². The van der Waals surface area contributed by atoms with Crippen LogP contribution in [-0.2, 0) is 9.53 Å². The highest BCUT2D eigenvalue weighted by Gasteiger charge is 2.45. The third-order valence-electron chi connectivity index (χ3n) is 5.24. The van der Waals surface area contributed by atoms with Gasteiger partial charge in [-0.15, -0.1) is 0 Å². The molecule has 1 saturated carbocycles. The van der Waals surface area contributed by atoms with Crippen molar-refractivity contribution in [2.45, 2.75) is 56.1 Å². The fraction of sp³-hybridized carbons (Fsp3) is 0.650. The van der Waals surface area contributed by atoms with Crippen molar-refractivity contribution < 1.29 is 14.6 Å².